The molecule has 0 radical (unpaired) electrons. The maximum atomic E-state index is 11.9. The van der Waals surface area contributed by atoms with E-state index in [0.717, 1.165) is 11.0 Å². The molecule has 176 valence electrons. The molecule has 32 heavy (non-hydrogen) atoms. The molecule has 2 fully saturated rings. The predicted octanol–water partition coefficient (Wildman–Crippen LogP) is 3.19. The highest BCUT2D eigenvalue weighted by molar-refractivity contribution is 6.62. The fraction of sp³-hybridized carbons (Fsp3) is 0.667. The molecule has 2 heterocycles. The van der Waals surface area contributed by atoms with Crippen LogP contribution in [0.1, 0.15) is 67.1 Å². The summed E-state index contributed by atoms with van der Waals surface area (Å²) in [5.74, 6) is -0.682. The third-order valence-electron chi connectivity index (χ3n) is 7.07. The predicted molar refractivity (Wildman–Crippen MR) is 120 cm³/mol. The maximum Gasteiger partial charge on any atom is 0.494 e. The van der Waals surface area contributed by atoms with Crippen LogP contribution in [-0.2, 0) is 33.1 Å². The van der Waals surface area contributed by atoms with Gasteiger partial charge in [0.05, 0.1) is 17.3 Å². The molecule has 0 amide bonds. The summed E-state index contributed by atoms with van der Waals surface area (Å²) in [5, 5.41) is 0. The number of carbonyl (C=O) groups is 2. The molecule has 0 saturated carbocycles. The molecule has 3 rings (SSSR count). The summed E-state index contributed by atoms with van der Waals surface area (Å²) in [6, 6.07) is 7.81. The monoisotopic (exact) mass is 446 g/mol. The summed E-state index contributed by atoms with van der Waals surface area (Å²) >= 11 is 0. The van der Waals surface area contributed by atoms with E-state index in [1.165, 1.54) is 13.8 Å². The highest BCUT2D eigenvalue weighted by Crippen LogP contribution is 2.41. The lowest BCUT2D eigenvalue weighted by atomic mass is 9.76. The molecule has 0 aliphatic carbocycles. The Morgan fingerprint density at radius 1 is 1.00 bits per heavy atom. The molecule has 0 N–H and O–H groups in total. The molecule has 1 aromatic rings. The van der Waals surface area contributed by atoms with Gasteiger partial charge in [-0.15, -0.1) is 0 Å². The van der Waals surface area contributed by atoms with E-state index in [0.29, 0.717) is 0 Å². The van der Waals surface area contributed by atoms with E-state index >= 15 is 0 Å². The number of hydrogen-bond donors (Lipinski definition) is 0. The van der Waals surface area contributed by atoms with Gasteiger partial charge in [-0.1, -0.05) is 38.1 Å². The van der Waals surface area contributed by atoms with Crippen LogP contribution in [0.2, 0.25) is 0 Å². The highest BCUT2D eigenvalue weighted by atomic mass is 16.7. The largest absolute Gasteiger partial charge is 0.494 e. The number of rotatable bonds is 5. The molecule has 1 aromatic carbocycles. The number of carbonyl (C=O) groups excluding carboxylic acids is 2. The van der Waals surface area contributed by atoms with Crippen molar-refractivity contribution >= 4 is 24.5 Å². The normalized spacial score (nSPS) is 31.2. The van der Waals surface area contributed by atoms with E-state index in [2.05, 4.69) is 0 Å². The van der Waals surface area contributed by atoms with Crippen molar-refractivity contribution in [2.45, 2.75) is 84.9 Å². The molecule has 7 nitrogen and oxygen atoms in total. The van der Waals surface area contributed by atoms with Gasteiger partial charge in [0, 0.05) is 19.8 Å². The molecule has 0 bridgehead atoms. The van der Waals surface area contributed by atoms with Crippen molar-refractivity contribution in [2.24, 2.45) is 11.8 Å². The molecular formula is C24H35BO7. The van der Waals surface area contributed by atoms with Gasteiger partial charge < -0.3 is 23.5 Å². The zero-order valence-corrected chi connectivity index (χ0v) is 20.3. The van der Waals surface area contributed by atoms with Gasteiger partial charge in [0.2, 0.25) is 0 Å². The van der Waals surface area contributed by atoms with Crippen molar-refractivity contribution in [2.75, 3.05) is 6.61 Å². The minimum Gasteiger partial charge on any atom is -0.463 e. The van der Waals surface area contributed by atoms with Crippen LogP contribution in [-0.4, -0.2) is 49.1 Å². The van der Waals surface area contributed by atoms with Gasteiger partial charge in [-0.3, -0.25) is 9.59 Å². The van der Waals surface area contributed by atoms with E-state index in [4.69, 9.17) is 23.5 Å². The molecule has 5 atom stereocenters. The second kappa shape index (κ2) is 9.16. The van der Waals surface area contributed by atoms with Gasteiger partial charge in [0.25, 0.3) is 0 Å². The smallest absolute Gasteiger partial charge is 0.463 e. The summed E-state index contributed by atoms with van der Waals surface area (Å²) in [6.45, 7) is 15.0. The zero-order valence-electron chi connectivity index (χ0n) is 20.3. The molecule has 2 aliphatic rings. The summed E-state index contributed by atoms with van der Waals surface area (Å²) < 4.78 is 29.7. The molecule has 0 aromatic heterocycles. The topological polar surface area (TPSA) is 80.3 Å². The fourth-order valence-electron chi connectivity index (χ4n) is 4.18. The first-order valence-electron chi connectivity index (χ1n) is 11.2. The Bertz CT molecular complexity index is 835. The summed E-state index contributed by atoms with van der Waals surface area (Å²) in [5.41, 5.74) is 0.826. The number of benzene rings is 1. The summed E-state index contributed by atoms with van der Waals surface area (Å²) in [7, 11) is -0.510. The van der Waals surface area contributed by atoms with E-state index in [9.17, 15) is 9.59 Å². The summed E-state index contributed by atoms with van der Waals surface area (Å²) in [6.07, 6.45) is -1.29. The van der Waals surface area contributed by atoms with Crippen LogP contribution in [0.3, 0.4) is 0 Å². The number of esters is 2. The van der Waals surface area contributed by atoms with Crippen molar-refractivity contribution in [3.8, 4) is 0 Å². The Kier molecular flexibility index (Phi) is 7.08. The minimum absolute atomic E-state index is 0.00119. The van der Waals surface area contributed by atoms with Crippen LogP contribution in [0, 0.1) is 11.8 Å². The van der Waals surface area contributed by atoms with Crippen LogP contribution in [0.5, 0.6) is 0 Å². The molecule has 2 aliphatic heterocycles. The molecule has 8 heteroatoms. The van der Waals surface area contributed by atoms with E-state index in [1.54, 1.807) is 0 Å². The standard InChI is InChI=1S/C24H35BO7/c1-14-15(2)21(29-17(4)27)22(30-20(14)13-28-16(3)26)18-10-9-11-19(12-18)25-31-23(5,6)24(7,8)32-25/h9-12,14-15,20-22H,13H2,1-8H3/t14-,15-,20+,21-,22+/m0/s1. The van der Waals surface area contributed by atoms with Crippen molar-refractivity contribution in [1.29, 1.82) is 0 Å². The Morgan fingerprint density at radius 2 is 1.62 bits per heavy atom. The molecule has 2 saturated heterocycles. The average Bonchev–Trinajstić information content (AvgIpc) is 2.92. The van der Waals surface area contributed by atoms with Crippen LogP contribution in [0.25, 0.3) is 0 Å². The van der Waals surface area contributed by atoms with E-state index < -0.39 is 30.5 Å². The third kappa shape index (κ3) is 5.02. The van der Waals surface area contributed by atoms with E-state index in [1.807, 2.05) is 65.8 Å². The van der Waals surface area contributed by atoms with Crippen molar-refractivity contribution in [1.82, 2.24) is 0 Å². The van der Waals surface area contributed by atoms with Gasteiger partial charge in [-0.05, 0) is 44.6 Å². The van der Waals surface area contributed by atoms with Crippen molar-refractivity contribution in [3.63, 3.8) is 0 Å². The highest BCUT2D eigenvalue weighted by Gasteiger charge is 2.52. The first kappa shape index (κ1) is 24.7. The van der Waals surface area contributed by atoms with Crippen LogP contribution in [0.15, 0.2) is 24.3 Å². The molecule has 0 spiro atoms. The van der Waals surface area contributed by atoms with Gasteiger partial charge in [0.1, 0.15) is 18.8 Å². The van der Waals surface area contributed by atoms with Crippen LogP contribution in [0.4, 0.5) is 0 Å². The first-order valence-corrected chi connectivity index (χ1v) is 11.2. The van der Waals surface area contributed by atoms with Gasteiger partial charge in [-0.2, -0.15) is 0 Å². The Morgan fingerprint density at radius 3 is 2.19 bits per heavy atom. The quantitative estimate of drug-likeness (QED) is 0.508. The van der Waals surface area contributed by atoms with Crippen molar-refractivity contribution in [3.05, 3.63) is 29.8 Å². The third-order valence-corrected chi connectivity index (χ3v) is 7.07. The van der Waals surface area contributed by atoms with Crippen molar-refractivity contribution < 1.29 is 33.1 Å². The lowest BCUT2D eigenvalue weighted by Gasteiger charge is -2.44. The van der Waals surface area contributed by atoms with Crippen LogP contribution < -0.4 is 5.46 Å². The SMILES string of the molecule is CC(=O)OC[C@H]1O[C@H](c2cccc(B3OC(C)(C)C(C)(C)O3)c2)[C@@H](OC(C)=O)[C@@H](C)[C@@H]1C. The average molecular weight is 446 g/mol. The van der Waals surface area contributed by atoms with E-state index in [-0.39, 0.29) is 36.5 Å². The Balaban J connectivity index is 1.91. The number of ether oxygens (including phenoxy) is 3. The maximum absolute atomic E-state index is 11.9. The lowest BCUT2D eigenvalue weighted by Crippen LogP contribution is -2.48. The Labute approximate surface area is 191 Å². The second-order valence-electron chi connectivity index (χ2n) is 9.95. The Hall–Kier alpha value is -1.90. The zero-order chi connectivity index (χ0) is 23.8. The minimum atomic E-state index is -0.510. The van der Waals surface area contributed by atoms with Gasteiger partial charge in [0.15, 0.2) is 0 Å². The fourth-order valence-corrected chi connectivity index (χ4v) is 4.18. The van der Waals surface area contributed by atoms with Gasteiger partial charge >= 0.3 is 19.1 Å². The number of hydrogen-bond acceptors (Lipinski definition) is 7. The molecular weight excluding hydrogens is 411 g/mol. The molecule has 0 unspecified atom stereocenters. The van der Waals surface area contributed by atoms with Crippen LogP contribution >= 0.6 is 0 Å². The lowest BCUT2D eigenvalue weighted by molar-refractivity contribution is -0.205. The summed E-state index contributed by atoms with van der Waals surface area (Å²) in [4.78, 5) is 23.2. The first-order chi connectivity index (χ1) is 14.8. The second-order valence-corrected chi connectivity index (χ2v) is 9.95. The van der Waals surface area contributed by atoms with Gasteiger partial charge in [-0.25, -0.2) is 0 Å².